The van der Waals surface area contributed by atoms with Crippen molar-refractivity contribution >= 4 is 22.8 Å². The van der Waals surface area contributed by atoms with E-state index in [1.54, 1.807) is 19.3 Å². The lowest BCUT2D eigenvalue weighted by atomic mass is 9.72. The third-order valence-electron chi connectivity index (χ3n) is 8.58. The van der Waals surface area contributed by atoms with Crippen LogP contribution < -0.4 is 14.8 Å². The van der Waals surface area contributed by atoms with Gasteiger partial charge in [0.05, 0.1) is 25.4 Å². The molecule has 1 aromatic carbocycles. The number of aryl methyl sites for hydroxylation is 1. The first kappa shape index (κ1) is 29.5. The van der Waals surface area contributed by atoms with Crippen molar-refractivity contribution in [1.29, 1.82) is 0 Å². The van der Waals surface area contributed by atoms with Crippen molar-refractivity contribution in [2.75, 3.05) is 20.3 Å². The van der Waals surface area contributed by atoms with Crippen molar-refractivity contribution in [2.24, 2.45) is 5.41 Å². The van der Waals surface area contributed by atoms with Crippen LogP contribution in [-0.4, -0.2) is 94.7 Å². The number of aliphatic hydroxyl groups is 5. The summed E-state index contributed by atoms with van der Waals surface area (Å²) in [5.74, 6) is -0.409. The molecule has 5 rings (SSSR count). The standard InChI is InChI=1S/C28H37NO12/c1-3-38-17(30)7-6-13-10-14-15(16-11-29-27(36)28(16)8-4-5-9-28)12-39-22(14)24(37-2)21(13)40-26-20(33)18(31)19(32)23(41-26)25(34)35/h10,12,16,18-20,23,25-26,31-35H,3-9,11H2,1-2H3,(H,29,36)/t16-,18-,19-,20+,23-,26-/m0/s1. The van der Waals surface area contributed by atoms with Gasteiger partial charge in [0.2, 0.25) is 17.9 Å². The predicted molar refractivity (Wildman–Crippen MR) is 140 cm³/mol. The van der Waals surface area contributed by atoms with Crippen LogP contribution in [0.25, 0.3) is 11.0 Å². The van der Waals surface area contributed by atoms with E-state index in [4.69, 9.17) is 23.4 Å². The molecule has 2 aromatic rings. The molecule has 0 radical (unpaired) electrons. The first-order valence-corrected chi connectivity index (χ1v) is 13.9. The van der Waals surface area contributed by atoms with Crippen LogP contribution in [0.1, 0.15) is 56.1 Å². The van der Waals surface area contributed by atoms with E-state index < -0.39 is 48.4 Å². The summed E-state index contributed by atoms with van der Waals surface area (Å²) >= 11 is 0. The summed E-state index contributed by atoms with van der Waals surface area (Å²) in [4.78, 5) is 25.2. The van der Waals surface area contributed by atoms with Crippen LogP contribution in [-0.2, 0) is 25.5 Å². The van der Waals surface area contributed by atoms with Gasteiger partial charge in [0.15, 0.2) is 17.6 Å². The number of fused-ring (bicyclic) bond motifs is 1. The van der Waals surface area contributed by atoms with E-state index in [2.05, 4.69) is 5.32 Å². The van der Waals surface area contributed by atoms with Crippen LogP contribution in [0, 0.1) is 5.41 Å². The van der Waals surface area contributed by atoms with E-state index in [1.807, 2.05) is 0 Å². The first-order chi connectivity index (χ1) is 19.6. The number of hydrogen-bond donors (Lipinski definition) is 6. The quantitative estimate of drug-likeness (QED) is 0.175. The molecular weight excluding hydrogens is 542 g/mol. The van der Waals surface area contributed by atoms with Crippen LogP contribution in [0.3, 0.4) is 0 Å². The molecule has 0 unspecified atom stereocenters. The van der Waals surface area contributed by atoms with Crippen molar-refractivity contribution in [2.45, 2.75) is 88.4 Å². The molecule has 3 heterocycles. The molecule has 1 aliphatic carbocycles. The van der Waals surface area contributed by atoms with Gasteiger partial charge in [-0.15, -0.1) is 0 Å². The SMILES string of the molecule is CCOC(=O)CCc1cc2c([C@@H]3CNC(=O)C34CCCC4)coc2c(OC)c1O[C@H]1O[C@H](C(O)O)[C@@H](O)[C@H](O)[C@H]1O. The molecule has 13 nitrogen and oxygen atoms in total. The number of aliphatic hydroxyl groups excluding tert-OH is 4. The zero-order chi connectivity index (χ0) is 29.5. The average Bonchev–Trinajstić information content (AvgIpc) is 3.67. The molecule has 3 aliphatic rings. The summed E-state index contributed by atoms with van der Waals surface area (Å²) in [5, 5.41) is 54.1. The number of ether oxygens (including phenoxy) is 4. The molecule has 2 aliphatic heterocycles. The Bertz CT molecular complexity index is 1270. The normalized spacial score (nSPS) is 29.3. The first-order valence-electron chi connectivity index (χ1n) is 13.9. The van der Waals surface area contributed by atoms with Crippen molar-refractivity contribution in [3.8, 4) is 11.5 Å². The van der Waals surface area contributed by atoms with Crippen molar-refractivity contribution in [3.05, 3.63) is 23.5 Å². The second kappa shape index (κ2) is 11.7. The van der Waals surface area contributed by atoms with Gasteiger partial charge < -0.3 is 54.2 Å². The molecule has 1 spiro atoms. The lowest BCUT2D eigenvalue weighted by molar-refractivity contribution is -0.310. The molecule has 3 fully saturated rings. The number of methoxy groups -OCH3 is 1. The van der Waals surface area contributed by atoms with Gasteiger partial charge in [0.25, 0.3) is 0 Å². The van der Waals surface area contributed by atoms with E-state index >= 15 is 0 Å². The van der Waals surface area contributed by atoms with Gasteiger partial charge in [0, 0.05) is 29.8 Å². The highest BCUT2D eigenvalue weighted by Crippen LogP contribution is 2.54. The average molecular weight is 580 g/mol. The number of amides is 1. The minimum absolute atomic E-state index is 0.0210. The maximum Gasteiger partial charge on any atom is 0.306 e. The van der Waals surface area contributed by atoms with Gasteiger partial charge >= 0.3 is 5.97 Å². The summed E-state index contributed by atoms with van der Waals surface area (Å²) in [6.07, 6.45) is -5.74. The third-order valence-corrected chi connectivity index (χ3v) is 8.58. The molecule has 226 valence electrons. The summed E-state index contributed by atoms with van der Waals surface area (Å²) in [7, 11) is 1.38. The number of esters is 1. The van der Waals surface area contributed by atoms with E-state index in [9.17, 15) is 35.1 Å². The molecule has 13 heteroatoms. The molecule has 1 aromatic heterocycles. The molecule has 1 amide bonds. The minimum atomic E-state index is -2.18. The minimum Gasteiger partial charge on any atom is -0.490 e. The number of carbonyl (C=O) groups excluding carboxylic acids is 2. The predicted octanol–water partition coefficient (Wildman–Crippen LogP) is 0.208. The van der Waals surface area contributed by atoms with Gasteiger partial charge in [-0.05, 0) is 37.8 Å². The van der Waals surface area contributed by atoms with Crippen molar-refractivity contribution in [3.63, 3.8) is 0 Å². The number of nitrogens with one attached hydrogen (secondary N) is 1. The highest BCUT2D eigenvalue weighted by molar-refractivity contribution is 5.93. The van der Waals surface area contributed by atoms with Gasteiger partial charge in [-0.2, -0.15) is 0 Å². The summed E-state index contributed by atoms with van der Waals surface area (Å²) in [6.45, 7) is 2.36. The zero-order valence-corrected chi connectivity index (χ0v) is 22.9. The molecule has 41 heavy (non-hydrogen) atoms. The molecular formula is C28H37NO12. The smallest absolute Gasteiger partial charge is 0.306 e. The lowest BCUT2D eigenvalue weighted by Gasteiger charge is -2.41. The topological polar surface area (TPSA) is 197 Å². The molecule has 6 N–H and O–H groups in total. The Hall–Kier alpha value is -2.94. The van der Waals surface area contributed by atoms with Gasteiger partial charge in [0.1, 0.15) is 24.4 Å². The van der Waals surface area contributed by atoms with E-state index in [-0.39, 0.29) is 42.8 Å². The largest absolute Gasteiger partial charge is 0.490 e. The Morgan fingerprint density at radius 3 is 2.54 bits per heavy atom. The van der Waals surface area contributed by atoms with Gasteiger partial charge in [-0.3, -0.25) is 9.59 Å². The lowest BCUT2D eigenvalue weighted by Crippen LogP contribution is -2.62. The second-order valence-electron chi connectivity index (χ2n) is 10.9. The third kappa shape index (κ3) is 5.15. The molecule has 6 atom stereocenters. The van der Waals surface area contributed by atoms with Crippen LogP contribution in [0.4, 0.5) is 0 Å². The summed E-state index contributed by atoms with van der Waals surface area (Å²) in [6, 6.07) is 1.77. The zero-order valence-electron chi connectivity index (χ0n) is 22.9. The Labute approximate surface area is 235 Å². The van der Waals surface area contributed by atoms with Crippen LogP contribution >= 0.6 is 0 Å². The van der Waals surface area contributed by atoms with Crippen LogP contribution in [0.15, 0.2) is 16.7 Å². The monoisotopic (exact) mass is 579 g/mol. The number of benzene rings is 1. The Balaban J connectivity index is 1.58. The van der Waals surface area contributed by atoms with E-state index in [0.717, 1.165) is 31.2 Å². The van der Waals surface area contributed by atoms with Gasteiger partial charge in [-0.25, -0.2) is 0 Å². The Kier molecular flexibility index (Phi) is 8.46. The van der Waals surface area contributed by atoms with E-state index in [1.165, 1.54) is 7.11 Å². The Morgan fingerprint density at radius 2 is 1.88 bits per heavy atom. The molecule has 1 saturated carbocycles. The molecule has 2 saturated heterocycles. The maximum absolute atomic E-state index is 13.0. The maximum atomic E-state index is 13.0. The summed E-state index contributed by atoms with van der Waals surface area (Å²) in [5.41, 5.74) is 1.05. The van der Waals surface area contributed by atoms with E-state index in [0.29, 0.717) is 23.1 Å². The fourth-order valence-electron chi connectivity index (χ4n) is 6.48. The highest BCUT2D eigenvalue weighted by Gasteiger charge is 2.53. The summed E-state index contributed by atoms with van der Waals surface area (Å²) < 4.78 is 28.2. The second-order valence-corrected chi connectivity index (χ2v) is 10.9. The van der Waals surface area contributed by atoms with Crippen molar-refractivity contribution < 1.29 is 58.5 Å². The number of carbonyl (C=O) groups is 2. The number of rotatable bonds is 9. The van der Waals surface area contributed by atoms with Crippen molar-refractivity contribution in [1.82, 2.24) is 5.32 Å². The Morgan fingerprint density at radius 1 is 1.15 bits per heavy atom. The molecule has 0 bridgehead atoms. The highest BCUT2D eigenvalue weighted by atomic mass is 16.7. The number of furan rings is 1. The fourth-order valence-corrected chi connectivity index (χ4v) is 6.48. The number of hydrogen-bond acceptors (Lipinski definition) is 12. The van der Waals surface area contributed by atoms with Crippen LogP contribution in [0.2, 0.25) is 0 Å². The van der Waals surface area contributed by atoms with Crippen LogP contribution in [0.5, 0.6) is 11.5 Å². The van der Waals surface area contributed by atoms with Gasteiger partial charge in [-0.1, -0.05) is 12.8 Å². The fraction of sp³-hybridized carbons (Fsp3) is 0.643.